The molecule has 210 valence electrons. The average Bonchev–Trinajstić information content (AvgIpc) is 2.79. The maximum absolute atomic E-state index is 13.7. The summed E-state index contributed by atoms with van der Waals surface area (Å²) in [4.78, 5) is 23.8. The van der Waals surface area contributed by atoms with E-state index >= 15 is 0 Å². The molecule has 3 rings (SSSR count). The van der Waals surface area contributed by atoms with Gasteiger partial charge in [-0.05, 0) is 51.1 Å². The summed E-state index contributed by atoms with van der Waals surface area (Å²) in [7, 11) is 0. The van der Waals surface area contributed by atoms with Gasteiger partial charge < -0.3 is 10.1 Å². The number of alkyl halides is 9. The summed E-state index contributed by atoms with van der Waals surface area (Å²) in [6.45, 7) is 2.99. The lowest BCUT2D eigenvalue weighted by Crippen LogP contribution is -2.40. The molecule has 2 aromatic heterocycles. The van der Waals surface area contributed by atoms with Crippen molar-refractivity contribution in [3.05, 3.63) is 59.5 Å². The largest absolute Gasteiger partial charge is 0.483 e. The minimum Gasteiger partial charge on any atom is -0.483 e. The Bertz CT molecular complexity index is 1360. The van der Waals surface area contributed by atoms with Crippen LogP contribution in [0.15, 0.2) is 42.6 Å². The summed E-state index contributed by atoms with van der Waals surface area (Å²) in [6, 6.07) is 4.37. The number of pyridine rings is 1. The van der Waals surface area contributed by atoms with Crippen LogP contribution in [0.5, 0.6) is 5.75 Å². The lowest BCUT2D eigenvalue weighted by molar-refractivity contribution is -0.158. The Morgan fingerprint density at radius 1 is 0.846 bits per heavy atom. The molecule has 0 aliphatic rings. The molecule has 0 spiro atoms. The molecule has 15 heteroatoms. The second-order valence-corrected chi connectivity index (χ2v) is 9.21. The SMILES string of the molecule is CC(C)(C)NC(=O)c1cc(-c2nc(-c3ccc(C(F)(F)F)c(OCC(F)(F)F)c3)cc(C(F)(F)F)n2)ccn1. The minimum atomic E-state index is -5.12. The number of nitrogens with zero attached hydrogens (tertiary/aromatic N) is 3. The van der Waals surface area contributed by atoms with E-state index in [1.165, 1.54) is 6.07 Å². The van der Waals surface area contributed by atoms with E-state index < -0.39 is 70.7 Å². The van der Waals surface area contributed by atoms with Crippen molar-refractivity contribution in [2.24, 2.45) is 0 Å². The van der Waals surface area contributed by atoms with E-state index in [2.05, 4.69) is 25.0 Å². The number of rotatable bonds is 5. The van der Waals surface area contributed by atoms with Crippen LogP contribution in [0, 0.1) is 0 Å². The zero-order valence-electron chi connectivity index (χ0n) is 20.3. The molecule has 0 unspecified atom stereocenters. The monoisotopic (exact) mass is 566 g/mol. The molecule has 0 aliphatic carbocycles. The van der Waals surface area contributed by atoms with Crippen LogP contribution in [-0.2, 0) is 12.4 Å². The standard InChI is InChI=1S/C24H19F9N4O2/c1-21(2,3)37-20(38)16-8-13(6-7-34-16)19-35-15(10-18(36-19)24(31,32)33)12-4-5-14(23(28,29)30)17(9-12)39-11-22(25,26)27/h4-10H,11H2,1-3H3,(H,37,38). The number of hydrogen-bond donors (Lipinski definition) is 1. The van der Waals surface area contributed by atoms with Gasteiger partial charge in [0.1, 0.15) is 17.1 Å². The zero-order chi connectivity index (χ0) is 29.4. The number of ether oxygens (including phenoxy) is 1. The first-order valence-electron chi connectivity index (χ1n) is 10.9. The fraction of sp³-hybridized carbons (Fsp3) is 0.333. The fourth-order valence-corrected chi connectivity index (χ4v) is 3.16. The number of halogens is 9. The van der Waals surface area contributed by atoms with Crippen molar-refractivity contribution >= 4 is 5.91 Å². The maximum atomic E-state index is 13.7. The van der Waals surface area contributed by atoms with Crippen LogP contribution in [0.2, 0.25) is 0 Å². The lowest BCUT2D eigenvalue weighted by atomic mass is 10.1. The van der Waals surface area contributed by atoms with Gasteiger partial charge in [-0.2, -0.15) is 39.5 Å². The van der Waals surface area contributed by atoms with Crippen molar-refractivity contribution < 1.29 is 49.0 Å². The lowest BCUT2D eigenvalue weighted by Gasteiger charge is -2.20. The summed E-state index contributed by atoms with van der Waals surface area (Å²) in [5.41, 5.74) is -4.95. The third-order valence-electron chi connectivity index (χ3n) is 4.73. The zero-order valence-corrected chi connectivity index (χ0v) is 20.3. The van der Waals surface area contributed by atoms with E-state index in [0.29, 0.717) is 18.2 Å². The average molecular weight is 566 g/mol. The first-order chi connectivity index (χ1) is 17.7. The van der Waals surface area contributed by atoms with Gasteiger partial charge in [0.2, 0.25) is 0 Å². The molecule has 1 aromatic carbocycles. The van der Waals surface area contributed by atoms with Gasteiger partial charge in [0, 0.05) is 22.9 Å². The van der Waals surface area contributed by atoms with E-state index in [1.54, 1.807) is 20.8 Å². The molecule has 6 nitrogen and oxygen atoms in total. The van der Waals surface area contributed by atoms with Gasteiger partial charge in [0.05, 0.1) is 11.3 Å². The molecule has 1 amide bonds. The van der Waals surface area contributed by atoms with Crippen LogP contribution in [-0.4, -0.2) is 39.2 Å². The van der Waals surface area contributed by atoms with E-state index in [1.807, 2.05) is 0 Å². The summed E-state index contributed by atoms with van der Waals surface area (Å²) >= 11 is 0. The highest BCUT2D eigenvalue weighted by Crippen LogP contribution is 2.40. The van der Waals surface area contributed by atoms with E-state index in [4.69, 9.17) is 0 Å². The molecule has 0 aliphatic heterocycles. The third kappa shape index (κ3) is 8.04. The number of benzene rings is 1. The molecule has 0 saturated heterocycles. The molecule has 1 N–H and O–H groups in total. The van der Waals surface area contributed by atoms with Crippen molar-refractivity contribution in [3.8, 4) is 28.4 Å². The van der Waals surface area contributed by atoms with Crippen molar-refractivity contribution in [1.82, 2.24) is 20.3 Å². The highest BCUT2D eigenvalue weighted by atomic mass is 19.4. The summed E-state index contributed by atoms with van der Waals surface area (Å²) in [5.74, 6) is -2.47. The molecular formula is C24H19F9N4O2. The number of nitrogens with one attached hydrogen (secondary N) is 1. The number of carbonyl (C=O) groups is 1. The molecule has 2 heterocycles. The predicted molar refractivity (Wildman–Crippen MR) is 119 cm³/mol. The second-order valence-electron chi connectivity index (χ2n) is 9.21. The van der Waals surface area contributed by atoms with Crippen molar-refractivity contribution in [2.75, 3.05) is 6.61 Å². The van der Waals surface area contributed by atoms with Crippen LogP contribution < -0.4 is 10.1 Å². The Kier molecular flexibility index (Phi) is 7.86. The van der Waals surface area contributed by atoms with Crippen LogP contribution in [0.4, 0.5) is 39.5 Å². The van der Waals surface area contributed by atoms with Crippen LogP contribution in [0.1, 0.15) is 42.5 Å². The highest BCUT2D eigenvalue weighted by Gasteiger charge is 2.37. The Balaban J connectivity index is 2.15. The second kappa shape index (κ2) is 10.3. The first kappa shape index (κ1) is 29.6. The van der Waals surface area contributed by atoms with Gasteiger partial charge in [-0.3, -0.25) is 9.78 Å². The van der Waals surface area contributed by atoms with Crippen molar-refractivity contribution in [3.63, 3.8) is 0 Å². The van der Waals surface area contributed by atoms with E-state index in [9.17, 15) is 44.3 Å². The molecule has 39 heavy (non-hydrogen) atoms. The van der Waals surface area contributed by atoms with E-state index in [0.717, 1.165) is 18.3 Å². The van der Waals surface area contributed by atoms with Crippen LogP contribution in [0.25, 0.3) is 22.6 Å². The quantitative estimate of drug-likeness (QED) is 0.348. The molecule has 0 fully saturated rings. The number of carbonyl (C=O) groups excluding carboxylic acids is 1. The molecular weight excluding hydrogens is 547 g/mol. The third-order valence-corrected chi connectivity index (χ3v) is 4.73. The van der Waals surface area contributed by atoms with Gasteiger partial charge >= 0.3 is 18.5 Å². The van der Waals surface area contributed by atoms with Crippen LogP contribution in [0.3, 0.4) is 0 Å². The van der Waals surface area contributed by atoms with Gasteiger partial charge in [-0.1, -0.05) is 6.07 Å². The van der Waals surface area contributed by atoms with E-state index in [-0.39, 0.29) is 11.3 Å². The summed E-state index contributed by atoms with van der Waals surface area (Å²) in [6.07, 6.45) is -14.0. The topological polar surface area (TPSA) is 77.0 Å². The van der Waals surface area contributed by atoms with Crippen LogP contribution >= 0.6 is 0 Å². The van der Waals surface area contributed by atoms with Crippen molar-refractivity contribution in [2.45, 2.75) is 44.8 Å². The Hall–Kier alpha value is -3.91. The normalized spacial score (nSPS) is 12.8. The van der Waals surface area contributed by atoms with Gasteiger partial charge in [-0.25, -0.2) is 9.97 Å². The van der Waals surface area contributed by atoms with Gasteiger partial charge in [0.25, 0.3) is 5.91 Å². The predicted octanol–water partition coefficient (Wildman–Crippen LogP) is 6.71. The molecule has 0 radical (unpaired) electrons. The Morgan fingerprint density at radius 3 is 2.08 bits per heavy atom. The Labute approximate surface area is 215 Å². The number of amides is 1. The number of aromatic nitrogens is 3. The Morgan fingerprint density at radius 2 is 1.51 bits per heavy atom. The highest BCUT2D eigenvalue weighted by molar-refractivity contribution is 5.93. The molecule has 0 saturated carbocycles. The fourth-order valence-electron chi connectivity index (χ4n) is 3.16. The molecule has 3 aromatic rings. The number of hydrogen-bond acceptors (Lipinski definition) is 5. The molecule has 0 bridgehead atoms. The summed E-state index contributed by atoms with van der Waals surface area (Å²) < 4.78 is 123. The summed E-state index contributed by atoms with van der Waals surface area (Å²) in [5, 5.41) is 2.63. The molecule has 0 atom stereocenters. The van der Waals surface area contributed by atoms with Crippen molar-refractivity contribution in [1.29, 1.82) is 0 Å². The smallest absolute Gasteiger partial charge is 0.433 e. The minimum absolute atomic E-state index is 0.0862. The van der Waals surface area contributed by atoms with Gasteiger partial charge in [-0.15, -0.1) is 0 Å². The first-order valence-corrected chi connectivity index (χ1v) is 10.9. The maximum Gasteiger partial charge on any atom is 0.433 e. The van der Waals surface area contributed by atoms with Gasteiger partial charge in [0.15, 0.2) is 12.4 Å².